The molecule has 4 heteroatoms. The third-order valence-corrected chi connectivity index (χ3v) is 6.45. The molecule has 0 spiro atoms. The van der Waals surface area contributed by atoms with Gasteiger partial charge in [0.2, 0.25) is 11.8 Å². The van der Waals surface area contributed by atoms with Crippen molar-refractivity contribution in [2.24, 2.45) is 11.8 Å². The molecule has 2 saturated carbocycles. The molecule has 3 rings (SSSR count). The summed E-state index contributed by atoms with van der Waals surface area (Å²) < 4.78 is 0. The van der Waals surface area contributed by atoms with Crippen molar-refractivity contribution in [3.63, 3.8) is 0 Å². The van der Waals surface area contributed by atoms with Gasteiger partial charge in [0.15, 0.2) is 0 Å². The zero-order valence-corrected chi connectivity index (χ0v) is 17.1. The van der Waals surface area contributed by atoms with Crippen LogP contribution < -0.4 is 10.6 Å². The molecular weight excluding hydrogens is 348 g/mol. The van der Waals surface area contributed by atoms with Crippen molar-refractivity contribution in [2.75, 3.05) is 6.54 Å². The highest BCUT2D eigenvalue weighted by Gasteiger charge is 2.30. The molecule has 4 nitrogen and oxygen atoms in total. The quantitative estimate of drug-likeness (QED) is 0.541. The molecule has 2 N–H and O–H groups in total. The molecular formula is C24H36N2O2. The number of hydrogen-bond acceptors (Lipinski definition) is 2. The summed E-state index contributed by atoms with van der Waals surface area (Å²) in [6, 6.07) is 10.8. The number of amides is 2. The van der Waals surface area contributed by atoms with E-state index in [1.54, 1.807) is 0 Å². The van der Waals surface area contributed by atoms with E-state index in [9.17, 15) is 9.59 Å². The van der Waals surface area contributed by atoms with Gasteiger partial charge in [-0.2, -0.15) is 0 Å². The van der Waals surface area contributed by atoms with E-state index < -0.39 is 0 Å². The number of benzene rings is 1. The average molecular weight is 385 g/mol. The Labute approximate surface area is 169 Å². The summed E-state index contributed by atoms with van der Waals surface area (Å²) >= 11 is 0. The van der Waals surface area contributed by atoms with Crippen LogP contribution in [0.2, 0.25) is 0 Å². The SMILES string of the molecule is O=C(NCCCc1ccccc1)C1CCC(C(=O)NC2CCCCCC2)CC1. The molecule has 0 bridgehead atoms. The van der Waals surface area contributed by atoms with Gasteiger partial charge in [0, 0.05) is 24.4 Å². The van der Waals surface area contributed by atoms with Gasteiger partial charge >= 0.3 is 0 Å². The lowest BCUT2D eigenvalue weighted by Gasteiger charge is -2.28. The summed E-state index contributed by atoms with van der Waals surface area (Å²) in [7, 11) is 0. The topological polar surface area (TPSA) is 58.2 Å². The zero-order chi connectivity index (χ0) is 19.6. The van der Waals surface area contributed by atoms with Crippen molar-refractivity contribution < 1.29 is 9.59 Å². The van der Waals surface area contributed by atoms with E-state index in [0.29, 0.717) is 6.04 Å². The summed E-state index contributed by atoms with van der Waals surface area (Å²) in [4.78, 5) is 25.0. The molecule has 0 radical (unpaired) electrons. The Kier molecular flexibility index (Phi) is 8.38. The lowest BCUT2D eigenvalue weighted by molar-refractivity contribution is -0.131. The van der Waals surface area contributed by atoms with Gasteiger partial charge in [-0.25, -0.2) is 0 Å². The Morgan fingerprint density at radius 3 is 2.04 bits per heavy atom. The van der Waals surface area contributed by atoms with Crippen LogP contribution in [0.5, 0.6) is 0 Å². The number of hydrogen-bond donors (Lipinski definition) is 2. The van der Waals surface area contributed by atoms with Gasteiger partial charge in [0.05, 0.1) is 0 Å². The van der Waals surface area contributed by atoms with Crippen LogP contribution in [0.15, 0.2) is 30.3 Å². The van der Waals surface area contributed by atoms with Crippen LogP contribution >= 0.6 is 0 Å². The molecule has 28 heavy (non-hydrogen) atoms. The monoisotopic (exact) mass is 384 g/mol. The standard InChI is InChI=1S/C24H36N2O2/c27-23(25-18-8-11-19-9-4-3-5-10-19)20-14-16-21(17-15-20)24(28)26-22-12-6-1-2-7-13-22/h3-5,9-10,20-22H,1-2,6-8,11-18H2,(H,25,27)(H,26,28). The van der Waals surface area contributed by atoms with Gasteiger partial charge in [-0.15, -0.1) is 0 Å². The second-order valence-corrected chi connectivity index (χ2v) is 8.63. The molecule has 1 aromatic carbocycles. The predicted molar refractivity (Wildman–Crippen MR) is 113 cm³/mol. The maximum atomic E-state index is 12.6. The van der Waals surface area contributed by atoms with Gasteiger partial charge < -0.3 is 10.6 Å². The van der Waals surface area contributed by atoms with E-state index in [4.69, 9.17) is 0 Å². The van der Waals surface area contributed by atoms with Crippen molar-refractivity contribution in [1.82, 2.24) is 10.6 Å². The Balaban J connectivity index is 1.31. The summed E-state index contributed by atoms with van der Waals surface area (Å²) in [5.74, 6) is 0.591. The first kappa shape index (κ1) is 20.9. The minimum atomic E-state index is 0.0821. The average Bonchev–Trinajstić information content (AvgIpc) is 3.00. The number of nitrogens with one attached hydrogen (secondary N) is 2. The van der Waals surface area contributed by atoms with Crippen LogP contribution in [-0.4, -0.2) is 24.4 Å². The predicted octanol–water partition coefficient (Wildman–Crippen LogP) is 4.38. The first-order chi connectivity index (χ1) is 13.7. The van der Waals surface area contributed by atoms with Crippen LogP contribution in [0.4, 0.5) is 0 Å². The van der Waals surface area contributed by atoms with Crippen LogP contribution in [0.1, 0.15) is 76.2 Å². The first-order valence-electron chi connectivity index (χ1n) is 11.3. The van der Waals surface area contributed by atoms with Gasteiger partial charge in [0.1, 0.15) is 0 Å². The fraction of sp³-hybridized carbons (Fsp3) is 0.667. The largest absolute Gasteiger partial charge is 0.356 e. The van der Waals surface area contributed by atoms with Crippen LogP contribution in [-0.2, 0) is 16.0 Å². The van der Waals surface area contributed by atoms with E-state index >= 15 is 0 Å². The molecule has 0 saturated heterocycles. The molecule has 154 valence electrons. The lowest BCUT2D eigenvalue weighted by atomic mass is 9.81. The first-order valence-corrected chi connectivity index (χ1v) is 11.3. The molecule has 2 fully saturated rings. The number of aryl methyl sites for hydroxylation is 1. The minimum Gasteiger partial charge on any atom is -0.356 e. The van der Waals surface area contributed by atoms with Gasteiger partial charge in [-0.3, -0.25) is 9.59 Å². The van der Waals surface area contributed by atoms with E-state index in [0.717, 1.165) is 57.9 Å². The summed E-state index contributed by atoms with van der Waals surface area (Å²) in [6.45, 7) is 0.732. The Bertz CT molecular complexity index is 600. The van der Waals surface area contributed by atoms with Crippen LogP contribution in [0, 0.1) is 11.8 Å². The highest BCUT2D eigenvalue weighted by molar-refractivity contribution is 5.81. The molecule has 0 aromatic heterocycles. The van der Waals surface area contributed by atoms with Crippen molar-refractivity contribution in [3.8, 4) is 0 Å². The lowest BCUT2D eigenvalue weighted by Crippen LogP contribution is -2.41. The molecule has 0 atom stereocenters. The third kappa shape index (κ3) is 6.65. The second-order valence-electron chi connectivity index (χ2n) is 8.63. The molecule has 2 amide bonds. The molecule has 0 unspecified atom stereocenters. The second kappa shape index (κ2) is 11.2. The molecule has 0 aliphatic heterocycles. The van der Waals surface area contributed by atoms with Crippen LogP contribution in [0.25, 0.3) is 0 Å². The van der Waals surface area contributed by atoms with Crippen molar-refractivity contribution >= 4 is 11.8 Å². The van der Waals surface area contributed by atoms with Crippen molar-refractivity contribution in [3.05, 3.63) is 35.9 Å². The highest BCUT2D eigenvalue weighted by atomic mass is 16.2. The molecule has 0 heterocycles. The maximum Gasteiger partial charge on any atom is 0.223 e. The summed E-state index contributed by atoms with van der Waals surface area (Å²) in [5.41, 5.74) is 1.32. The van der Waals surface area contributed by atoms with Gasteiger partial charge in [0.25, 0.3) is 0 Å². The van der Waals surface area contributed by atoms with Crippen molar-refractivity contribution in [2.45, 2.75) is 83.1 Å². The number of carbonyl (C=O) groups excluding carboxylic acids is 2. The molecule has 2 aliphatic rings. The Morgan fingerprint density at radius 1 is 0.786 bits per heavy atom. The van der Waals surface area contributed by atoms with Crippen molar-refractivity contribution in [1.29, 1.82) is 0 Å². The van der Waals surface area contributed by atoms with E-state index in [2.05, 4.69) is 34.9 Å². The van der Waals surface area contributed by atoms with Crippen LogP contribution in [0.3, 0.4) is 0 Å². The van der Waals surface area contributed by atoms with E-state index in [-0.39, 0.29) is 23.7 Å². The zero-order valence-electron chi connectivity index (χ0n) is 17.1. The fourth-order valence-electron chi connectivity index (χ4n) is 4.65. The van der Waals surface area contributed by atoms with Gasteiger partial charge in [-0.1, -0.05) is 56.0 Å². The third-order valence-electron chi connectivity index (χ3n) is 6.45. The summed E-state index contributed by atoms with van der Waals surface area (Å²) in [6.07, 6.45) is 12.7. The highest BCUT2D eigenvalue weighted by Crippen LogP contribution is 2.29. The molecule has 2 aliphatic carbocycles. The normalized spacial score (nSPS) is 23.6. The Morgan fingerprint density at radius 2 is 1.39 bits per heavy atom. The smallest absolute Gasteiger partial charge is 0.223 e. The number of rotatable bonds is 7. The fourth-order valence-corrected chi connectivity index (χ4v) is 4.65. The minimum absolute atomic E-state index is 0.0821. The summed E-state index contributed by atoms with van der Waals surface area (Å²) in [5, 5.41) is 6.39. The number of carbonyl (C=O) groups is 2. The van der Waals surface area contributed by atoms with E-state index in [1.807, 2.05) is 6.07 Å². The Hall–Kier alpha value is -1.84. The van der Waals surface area contributed by atoms with E-state index in [1.165, 1.54) is 31.2 Å². The molecule has 1 aromatic rings. The maximum absolute atomic E-state index is 12.6. The van der Waals surface area contributed by atoms with Gasteiger partial charge in [-0.05, 0) is 56.9 Å².